The van der Waals surface area contributed by atoms with E-state index in [0.717, 1.165) is 18.0 Å². The van der Waals surface area contributed by atoms with Crippen LogP contribution in [0.5, 0.6) is 0 Å². The Morgan fingerprint density at radius 1 is 1.17 bits per heavy atom. The Bertz CT molecular complexity index is 203. The van der Waals surface area contributed by atoms with Crippen molar-refractivity contribution in [2.24, 2.45) is 5.92 Å². The van der Waals surface area contributed by atoms with E-state index in [2.05, 4.69) is 37.9 Å². The lowest BCUT2D eigenvalue weighted by atomic mass is 9.98. The Balaban J connectivity index is 2.33. The maximum atomic E-state index is 3.74. The quantitative estimate of drug-likeness (QED) is 0.665. The Hall–Kier alpha value is -0.0800. The van der Waals surface area contributed by atoms with E-state index in [1.54, 1.807) is 0 Å². The normalized spacial score (nSPS) is 25.8. The fraction of sp³-hybridized carbons (Fsp3) is 1.00. The zero-order chi connectivity index (χ0) is 13.4. The summed E-state index contributed by atoms with van der Waals surface area (Å²) in [7, 11) is 0. The van der Waals surface area contributed by atoms with Crippen molar-refractivity contribution < 1.29 is 0 Å². The lowest BCUT2D eigenvalue weighted by Crippen LogP contribution is -2.56. The molecule has 1 saturated heterocycles. The van der Waals surface area contributed by atoms with Gasteiger partial charge in [0, 0.05) is 25.2 Å². The molecule has 0 aliphatic carbocycles. The van der Waals surface area contributed by atoms with E-state index >= 15 is 0 Å². The molecule has 18 heavy (non-hydrogen) atoms. The summed E-state index contributed by atoms with van der Waals surface area (Å²) in [6, 6.07) is 1.49. The molecule has 0 aromatic carbocycles. The van der Waals surface area contributed by atoms with Gasteiger partial charge in [-0.1, -0.05) is 47.0 Å². The summed E-state index contributed by atoms with van der Waals surface area (Å²) in [6.07, 6.45) is 8.15. The molecule has 0 saturated carbocycles. The number of hydrogen-bond acceptors (Lipinski definition) is 2. The van der Waals surface area contributed by atoms with Gasteiger partial charge in [0.25, 0.3) is 0 Å². The minimum Gasteiger partial charge on any atom is -0.311 e. The van der Waals surface area contributed by atoms with Crippen LogP contribution in [0.4, 0.5) is 0 Å². The van der Waals surface area contributed by atoms with E-state index in [1.165, 1.54) is 58.2 Å². The number of unbranched alkanes of at least 4 members (excludes halogenated alkanes) is 3. The average molecular weight is 254 g/mol. The second-order valence-corrected chi connectivity index (χ2v) is 6.35. The van der Waals surface area contributed by atoms with Crippen LogP contribution in [0.3, 0.4) is 0 Å². The first kappa shape index (κ1) is 16.0. The first-order valence-electron chi connectivity index (χ1n) is 8.14. The molecule has 1 N–H and O–H groups in total. The van der Waals surface area contributed by atoms with Crippen molar-refractivity contribution in [3.05, 3.63) is 0 Å². The number of nitrogens with one attached hydrogen (secondary N) is 1. The van der Waals surface area contributed by atoms with Crippen LogP contribution >= 0.6 is 0 Å². The van der Waals surface area contributed by atoms with Gasteiger partial charge in [-0.2, -0.15) is 0 Å². The van der Waals surface area contributed by atoms with Gasteiger partial charge in [0.1, 0.15) is 0 Å². The molecule has 0 spiro atoms. The Kier molecular flexibility index (Phi) is 7.92. The van der Waals surface area contributed by atoms with Gasteiger partial charge in [0.05, 0.1) is 0 Å². The highest BCUT2D eigenvalue weighted by Gasteiger charge is 2.26. The molecular formula is C16H34N2. The predicted octanol–water partition coefficient (Wildman–Crippen LogP) is 3.67. The Morgan fingerprint density at radius 2 is 1.94 bits per heavy atom. The van der Waals surface area contributed by atoms with Gasteiger partial charge in [0.2, 0.25) is 0 Å². The summed E-state index contributed by atoms with van der Waals surface area (Å²) < 4.78 is 0. The summed E-state index contributed by atoms with van der Waals surface area (Å²) in [6.45, 7) is 13.1. The third-order valence-electron chi connectivity index (χ3n) is 4.14. The molecular weight excluding hydrogens is 220 g/mol. The van der Waals surface area contributed by atoms with Crippen molar-refractivity contribution in [3.8, 4) is 0 Å². The van der Waals surface area contributed by atoms with Crippen LogP contribution in [-0.2, 0) is 0 Å². The van der Waals surface area contributed by atoms with Crippen LogP contribution in [0.15, 0.2) is 0 Å². The number of nitrogens with zero attached hydrogens (tertiary/aromatic N) is 1. The summed E-state index contributed by atoms with van der Waals surface area (Å²) >= 11 is 0. The maximum absolute atomic E-state index is 3.74. The van der Waals surface area contributed by atoms with Crippen LogP contribution in [0.25, 0.3) is 0 Å². The van der Waals surface area contributed by atoms with Crippen molar-refractivity contribution in [3.63, 3.8) is 0 Å². The zero-order valence-electron chi connectivity index (χ0n) is 13.0. The smallest absolute Gasteiger partial charge is 0.0218 e. The molecule has 2 nitrogen and oxygen atoms in total. The third-order valence-corrected chi connectivity index (χ3v) is 4.14. The minimum absolute atomic E-state index is 0.721. The fourth-order valence-corrected chi connectivity index (χ4v) is 3.07. The molecule has 0 bridgehead atoms. The van der Waals surface area contributed by atoms with Gasteiger partial charge < -0.3 is 5.32 Å². The summed E-state index contributed by atoms with van der Waals surface area (Å²) in [5.41, 5.74) is 0. The standard InChI is InChI=1S/C16H34N2/c1-5-7-8-9-10-18-13-15(11-14(3)4)17-12-16(18)6-2/h14-17H,5-13H2,1-4H3. The molecule has 0 amide bonds. The van der Waals surface area contributed by atoms with Gasteiger partial charge in [-0.25, -0.2) is 0 Å². The van der Waals surface area contributed by atoms with Crippen LogP contribution in [0.1, 0.15) is 66.2 Å². The van der Waals surface area contributed by atoms with E-state index in [4.69, 9.17) is 0 Å². The molecule has 1 rings (SSSR count). The van der Waals surface area contributed by atoms with Crippen LogP contribution in [0.2, 0.25) is 0 Å². The van der Waals surface area contributed by atoms with E-state index < -0.39 is 0 Å². The molecule has 1 aliphatic rings. The van der Waals surface area contributed by atoms with E-state index in [9.17, 15) is 0 Å². The average Bonchev–Trinajstić information content (AvgIpc) is 2.34. The first-order valence-corrected chi connectivity index (χ1v) is 8.14. The Morgan fingerprint density at radius 3 is 2.56 bits per heavy atom. The maximum Gasteiger partial charge on any atom is 0.0218 e. The minimum atomic E-state index is 0.721. The molecule has 1 aliphatic heterocycles. The molecule has 2 heteroatoms. The zero-order valence-corrected chi connectivity index (χ0v) is 13.0. The van der Waals surface area contributed by atoms with Crippen molar-refractivity contribution in [1.29, 1.82) is 0 Å². The Labute approximate surface area is 115 Å². The predicted molar refractivity (Wildman–Crippen MR) is 81.0 cm³/mol. The second-order valence-electron chi connectivity index (χ2n) is 6.35. The fourth-order valence-electron chi connectivity index (χ4n) is 3.07. The molecule has 2 unspecified atom stereocenters. The molecule has 2 atom stereocenters. The van der Waals surface area contributed by atoms with Gasteiger partial charge in [-0.3, -0.25) is 4.90 Å². The molecule has 0 aromatic heterocycles. The van der Waals surface area contributed by atoms with E-state index in [1.807, 2.05) is 0 Å². The van der Waals surface area contributed by atoms with Crippen molar-refractivity contribution in [2.45, 2.75) is 78.3 Å². The first-order chi connectivity index (χ1) is 8.67. The number of piperazine rings is 1. The lowest BCUT2D eigenvalue weighted by Gasteiger charge is -2.40. The number of rotatable bonds is 8. The number of hydrogen-bond donors (Lipinski definition) is 1. The van der Waals surface area contributed by atoms with Gasteiger partial charge in [0.15, 0.2) is 0 Å². The van der Waals surface area contributed by atoms with Crippen LogP contribution in [0, 0.1) is 5.92 Å². The summed E-state index contributed by atoms with van der Waals surface area (Å²) in [5, 5.41) is 3.74. The third kappa shape index (κ3) is 5.71. The topological polar surface area (TPSA) is 15.3 Å². The summed E-state index contributed by atoms with van der Waals surface area (Å²) in [5.74, 6) is 0.808. The highest BCUT2D eigenvalue weighted by atomic mass is 15.2. The van der Waals surface area contributed by atoms with Gasteiger partial charge >= 0.3 is 0 Å². The molecule has 1 fully saturated rings. The molecule has 0 radical (unpaired) electrons. The molecule has 0 aromatic rings. The lowest BCUT2D eigenvalue weighted by molar-refractivity contribution is 0.116. The van der Waals surface area contributed by atoms with Crippen molar-refractivity contribution in [2.75, 3.05) is 19.6 Å². The van der Waals surface area contributed by atoms with E-state index in [0.29, 0.717) is 0 Å². The highest BCUT2D eigenvalue weighted by Crippen LogP contribution is 2.16. The second kappa shape index (κ2) is 8.92. The van der Waals surface area contributed by atoms with Gasteiger partial charge in [-0.05, 0) is 31.7 Å². The largest absolute Gasteiger partial charge is 0.311 e. The highest BCUT2D eigenvalue weighted by molar-refractivity contribution is 4.85. The van der Waals surface area contributed by atoms with E-state index in [-0.39, 0.29) is 0 Å². The SMILES string of the molecule is CCCCCCN1CC(CC(C)C)NCC1CC. The monoisotopic (exact) mass is 254 g/mol. The van der Waals surface area contributed by atoms with Crippen molar-refractivity contribution >= 4 is 0 Å². The van der Waals surface area contributed by atoms with Crippen LogP contribution in [-0.4, -0.2) is 36.6 Å². The van der Waals surface area contributed by atoms with Gasteiger partial charge in [-0.15, -0.1) is 0 Å². The molecule has 108 valence electrons. The molecule has 1 heterocycles. The van der Waals surface area contributed by atoms with Crippen LogP contribution < -0.4 is 5.32 Å². The van der Waals surface area contributed by atoms with Crippen molar-refractivity contribution in [1.82, 2.24) is 10.2 Å². The summed E-state index contributed by atoms with van der Waals surface area (Å²) in [4.78, 5) is 2.75.